The van der Waals surface area contributed by atoms with E-state index in [1.807, 2.05) is 31.2 Å². The maximum absolute atomic E-state index is 13.3. The van der Waals surface area contributed by atoms with E-state index in [0.717, 1.165) is 11.1 Å². The van der Waals surface area contributed by atoms with Gasteiger partial charge in [0, 0.05) is 18.1 Å². The number of carbonyl (C=O) groups excluding carboxylic acids is 2. The van der Waals surface area contributed by atoms with Crippen molar-refractivity contribution in [1.29, 1.82) is 0 Å². The molecule has 1 fully saturated rings. The van der Waals surface area contributed by atoms with Crippen LogP contribution >= 0.6 is 11.6 Å². The summed E-state index contributed by atoms with van der Waals surface area (Å²) in [6, 6.07) is 13.5. The molecule has 1 aliphatic rings. The van der Waals surface area contributed by atoms with Crippen LogP contribution in [0.2, 0.25) is 5.02 Å². The lowest BCUT2D eigenvalue weighted by Gasteiger charge is -2.26. The lowest BCUT2D eigenvalue weighted by molar-refractivity contribution is -0.132. The Kier molecular flexibility index (Phi) is 6.44. The van der Waals surface area contributed by atoms with E-state index in [4.69, 9.17) is 16.3 Å². The summed E-state index contributed by atoms with van der Waals surface area (Å²) in [7, 11) is 1.43. The normalized spacial score (nSPS) is 17.5. The number of anilines is 1. The van der Waals surface area contributed by atoms with E-state index in [2.05, 4.69) is 18.8 Å². The number of hydrogen-bond donors (Lipinski definition) is 1. The minimum atomic E-state index is -0.850. The van der Waals surface area contributed by atoms with Gasteiger partial charge >= 0.3 is 0 Å². The van der Waals surface area contributed by atoms with Crippen LogP contribution in [0.25, 0.3) is 5.76 Å². The zero-order chi connectivity index (χ0) is 24.6. The van der Waals surface area contributed by atoms with Gasteiger partial charge in [-0.1, -0.05) is 37.6 Å². The topological polar surface area (TPSA) is 79.7 Å². The third-order valence-electron chi connectivity index (χ3n) is 5.95. The van der Waals surface area contributed by atoms with E-state index in [1.165, 1.54) is 12.0 Å². The number of methoxy groups -OCH3 is 1. The third-order valence-corrected chi connectivity index (χ3v) is 6.23. The van der Waals surface area contributed by atoms with Crippen molar-refractivity contribution in [3.05, 3.63) is 93.8 Å². The van der Waals surface area contributed by atoms with Crippen LogP contribution in [-0.2, 0) is 9.59 Å². The molecule has 1 amide bonds. The first-order valence-electron chi connectivity index (χ1n) is 10.9. The summed E-state index contributed by atoms with van der Waals surface area (Å²) in [6.07, 6.45) is 3.17. The molecule has 174 valence electrons. The van der Waals surface area contributed by atoms with Crippen molar-refractivity contribution in [2.24, 2.45) is 0 Å². The largest absolute Gasteiger partial charge is 0.507 e. The minimum absolute atomic E-state index is 0.0379. The molecule has 0 bridgehead atoms. The number of benzene rings is 2. The highest BCUT2D eigenvalue weighted by molar-refractivity contribution is 6.51. The molecule has 3 aromatic rings. The first-order valence-corrected chi connectivity index (χ1v) is 11.3. The van der Waals surface area contributed by atoms with Gasteiger partial charge < -0.3 is 9.84 Å². The molecule has 1 N–H and O–H groups in total. The van der Waals surface area contributed by atoms with Crippen LogP contribution < -0.4 is 9.64 Å². The van der Waals surface area contributed by atoms with E-state index >= 15 is 0 Å². The number of halogens is 1. The monoisotopic (exact) mass is 476 g/mol. The fourth-order valence-electron chi connectivity index (χ4n) is 4.24. The summed E-state index contributed by atoms with van der Waals surface area (Å²) in [5.74, 6) is -1.31. The fourth-order valence-corrected chi connectivity index (χ4v) is 4.59. The maximum atomic E-state index is 13.3. The Bertz CT molecular complexity index is 1280. The molecule has 6 nitrogen and oxygen atoms in total. The van der Waals surface area contributed by atoms with Crippen LogP contribution in [-0.4, -0.2) is 28.9 Å². The van der Waals surface area contributed by atoms with Crippen molar-refractivity contribution in [2.75, 3.05) is 12.0 Å². The van der Waals surface area contributed by atoms with Gasteiger partial charge in [-0.15, -0.1) is 0 Å². The van der Waals surface area contributed by atoms with Crippen molar-refractivity contribution in [3.63, 3.8) is 0 Å². The van der Waals surface area contributed by atoms with Crippen molar-refractivity contribution in [2.45, 2.75) is 32.7 Å². The van der Waals surface area contributed by atoms with E-state index in [1.54, 1.807) is 36.7 Å². The summed E-state index contributed by atoms with van der Waals surface area (Å²) in [5, 5.41) is 11.7. The standard InChI is InChI=1S/C27H25ClN2O4/c1-15(2)17-5-7-19(8-6-17)30-23(18-9-11-29-12-10-18)22(25(32)27(30)33)24(31)20-13-16(3)14-21(28)26(20)34-4/h5-15,23,31H,1-4H3/b24-22+. The van der Waals surface area contributed by atoms with Gasteiger partial charge in [0.1, 0.15) is 11.5 Å². The zero-order valence-corrected chi connectivity index (χ0v) is 20.1. The minimum Gasteiger partial charge on any atom is -0.507 e. The summed E-state index contributed by atoms with van der Waals surface area (Å²) in [5.41, 5.74) is 3.29. The van der Waals surface area contributed by atoms with E-state index in [9.17, 15) is 14.7 Å². The average molecular weight is 477 g/mol. The van der Waals surface area contributed by atoms with Gasteiger partial charge in [0.15, 0.2) is 0 Å². The molecule has 34 heavy (non-hydrogen) atoms. The lowest BCUT2D eigenvalue weighted by Crippen LogP contribution is -2.29. The molecular weight excluding hydrogens is 452 g/mol. The van der Waals surface area contributed by atoms with Crippen molar-refractivity contribution in [1.82, 2.24) is 4.98 Å². The van der Waals surface area contributed by atoms with E-state index in [-0.39, 0.29) is 22.6 Å². The van der Waals surface area contributed by atoms with E-state index in [0.29, 0.717) is 22.2 Å². The Balaban J connectivity index is 1.96. The molecule has 0 aliphatic carbocycles. The van der Waals surface area contributed by atoms with Gasteiger partial charge in [0.25, 0.3) is 11.7 Å². The molecule has 1 aliphatic heterocycles. The molecule has 1 atom stereocenters. The SMILES string of the molecule is COc1c(Cl)cc(C)cc1/C(O)=C1\C(=O)C(=O)N(c2ccc(C(C)C)cc2)C1c1ccncc1. The van der Waals surface area contributed by atoms with Gasteiger partial charge in [0.05, 0.1) is 29.3 Å². The molecule has 1 aromatic heterocycles. The summed E-state index contributed by atoms with van der Waals surface area (Å²) >= 11 is 6.34. The number of hydrogen-bond acceptors (Lipinski definition) is 5. The van der Waals surface area contributed by atoms with Crippen LogP contribution in [0, 0.1) is 6.92 Å². The molecular formula is C27H25ClN2O4. The van der Waals surface area contributed by atoms with Gasteiger partial charge in [-0.25, -0.2) is 0 Å². The number of aryl methyl sites for hydroxylation is 1. The highest BCUT2D eigenvalue weighted by Gasteiger charge is 2.47. The number of aliphatic hydroxyl groups is 1. The number of ether oxygens (including phenoxy) is 1. The maximum Gasteiger partial charge on any atom is 0.300 e. The summed E-state index contributed by atoms with van der Waals surface area (Å²) in [4.78, 5) is 32.1. The number of aromatic nitrogens is 1. The lowest BCUT2D eigenvalue weighted by atomic mass is 9.94. The Morgan fingerprint density at radius 1 is 1.09 bits per heavy atom. The Hall–Kier alpha value is -3.64. The van der Waals surface area contributed by atoms with Gasteiger partial charge in [-0.3, -0.25) is 19.5 Å². The van der Waals surface area contributed by atoms with Crippen LogP contribution in [0.5, 0.6) is 5.75 Å². The Morgan fingerprint density at radius 3 is 2.32 bits per heavy atom. The van der Waals surface area contributed by atoms with Gasteiger partial charge in [-0.2, -0.15) is 0 Å². The van der Waals surface area contributed by atoms with Crippen molar-refractivity contribution >= 4 is 34.7 Å². The molecule has 0 saturated carbocycles. The van der Waals surface area contributed by atoms with Crippen molar-refractivity contribution < 1.29 is 19.4 Å². The number of amides is 1. The first-order chi connectivity index (χ1) is 16.2. The predicted octanol–water partition coefficient (Wildman–Crippen LogP) is 5.80. The van der Waals surface area contributed by atoms with Gasteiger partial charge in [0.2, 0.25) is 0 Å². The summed E-state index contributed by atoms with van der Waals surface area (Å²) < 4.78 is 5.42. The Morgan fingerprint density at radius 2 is 1.74 bits per heavy atom. The number of carbonyl (C=O) groups is 2. The third kappa shape index (κ3) is 4.05. The smallest absolute Gasteiger partial charge is 0.300 e. The molecule has 0 radical (unpaired) electrons. The average Bonchev–Trinajstić information content (AvgIpc) is 3.09. The quantitative estimate of drug-likeness (QED) is 0.286. The number of aliphatic hydroxyl groups excluding tert-OH is 1. The van der Waals surface area contributed by atoms with Crippen LogP contribution in [0.1, 0.15) is 48.1 Å². The molecule has 0 spiro atoms. The van der Waals surface area contributed by atoms with E-state index < -0.39 is 17.7 Å². The number of ketones is 1. The predicted molar refractivity (Wildman–Crippen MR) is 132 cm³/mol. The molecule has 7 heteroatoms. The van der Waals surface area contributed by atoms with Crippen LogP contribution in [0.3, 0.4) is 0 Å². The molecule has 4 rings (SSSR count). The second kappa shape index (κ2) is 9.31. The fraction of sp³-hybridized carbons (Fsp3) is 0.222. The highest BCUT2D eigenvalue weighted by Crippen LogP contribution is 2.44. The zero-order valence-electron chi connectivity index (χ0n) is 19.4. The Labute approximate surface area is 203 Å². The number of Topliss-reactive ketones (excluding diaryl/α,β-unsaturated/α-hetero) is 1. The van der Waals surface area contributed by atoms with Gasteiger partial charge in [-0.05, 0) is 65.9 Å². The van der Waals surface area contributed by atoms with Crippen molar-refractivity contribution in [3.8, 4) is 5.75 Å². The number of pyridine rings is 1. The molecule has 1 saturated heterocycles. The molecule has 1 unspecified atom stereocenters. The second-order valence-corrected chi connectivity index (χ2v) is 8.93. The first kappa shape index (κ1) is 23.5. The molecule has 2 heterocycles. The van der Waals surface area contributed by atoms with Crippen LogP contribution in [0.15, 0.2) is 66.5 Å². The second-order valence-electron chi connectivity index (χ2n) is 8.52. The number of rotatable bonds is 5. The highest BCUT2D eigenvalue weighted by atomic mass is 35.5. The van der Waals surface area contributed by atoms with Crippen LogP contribution in [0.4, 0.5) is 5.69 Å². The summed E-state index contributed by atoms with van der Waals surface area (Å²) in [6.45, 7) is 5.98. The molecule has 2 aromatic carbocycles. The number of nitrogens with zero attached hydrogens (tertiary/aromatic N) is 2.